The van der Waals surface area contributed by atoms with E-state index >= 15 is 0 Å². The lowest BCUT2D eigenvalue weighted by Gasteiger charge is -2.29. The Morgan fingerprint density at radius 2 is 2.20 bits per heavy atom. The van der Waals surface area contributed by atoms with E-state index in [-0.39, 0.29) is 0 Å². The van der Waals surface area contributed by atoms with Crippen LogP contribution in [0.5, 0.6) is 0 Å². The number of aromatic nitrogens is 1. The normalized spacial score (nSPS) is 10.7. The summed E-state index contributed by atoms with van der Waals surface area (Å²) < 4.78 is 0. The Hall–Kier alpha value is -0.470. The highest BCUT2D eigenvalue weighted by molar-refractivity contribution is 6.33. The molecule has 0 fully saturated rings. The summed E-state index contributed by atoms with van der Waals surface area (Å²) in [6.45, 7) is 5.21. The van der Waals surface area contributed by atoms with Gasteiger partial charge in [-0.15, -0.1) is 11.6 Å². The summed E-state index contributed by atoms with van der Waals surface area (Å²) in [6.07, 6.45) is 4.39. The van der Waals surface area contributed by atoms with Crippen molar-refractivity contribution in [1.82, 2.24) is 4.98 Å². The van der Waals surface area contributed by atoms with Crippen LogP contribution in [0.1, 0.15) is 20.3 Å². The van der Waals surface area contributed by atoms with Crippen LogP contribution in [-0.2, 0) is 0 Å². The van der Waals surface area contributed by atoms with Crippen molar-refractivity contribution in [2.24, 2.45) is 0 Å². The molecule has 0 spiro atoms. The zero-order chi connectivity index (χ0) is 11.3. The average molecular weight is 247 g/mol. The quantitative estimate of drug-likeness (QED) is 0.739. The Bertz CT molecular complexity index is 302. The van der Waals surface area contributed by atoms with E-state index in [2.05, 4.69) is 23.7 Å². The molecule has 4 heteroatoms. The standard InChI is InChI=1S/C11H16Cl2N2/c1-9(2)15(7-3-5-12)11-4-6-14-8-10(11)13/h4,6,8-9H,3,5,7H2,1-2H3. The lowest BCUT2D eigenvalue weighted by atomic mass is 10.2. The molecular formula is C11H16Cl2N2. The van der Waals surface area contributed by atoms with Crippen LogP contribution in [0.25, 0.3) is 0 Å². The van der Waals surface area contributed by atoms with Crippen molar-refractivity contribution >= 4 is 28.9 Å². The summed E-state index contributed by atoms with van der Waals surface area (Å²) in [5.41, 5.74) is 1.03. The fraction of sp³-hybridized carbons (Fsp3) is 0.545. The van der Waals surface area contributed by atoms with Gasteiger partial charge in [0.05, 0.1) is 10.7 Å². The van der Waals surface area contributed by atoms with E-state index in [0.29, 0.717) is 16.9 Å². The average Bonchev–Trinajstić information content (AvgIpc) is 2.20. The van der Waals surface area contributed by atoms with Crippen LogP contribution < -0.4 is 4.90 Å². The summed E-state index contributed by atoms with van der Waals surface area (Å²) >= 11 is 11.8. The Kier molecular flexibility index (Phi) is 5.20. The maximum Gasteiger partial charge on any atom is 0.0822 e. The highest BCUT2D eigenvalue weighted by Crippen LogP contribution is 2.25. The van der Waals surface area contributed by atoms with E-state index in [9.17, 15) is 0 Å². The molecule has 1 heterocycles. The predicted octanol–water partition coefficient (Wildman–Crippen LogP) is 3.58. The third-order valence-electron chi connectivity index (χ3n) is 2.22. The zero-order valence-electron chi connectivity index (χ0n) is 9.08. The number of pyridine rings is 1. The number of anilines is 1. The van der Waals surface area contributed by atoms with Crippen LogP contribution in [0.3, 0.4) is 0 Å². The van der Waals surface area contributed by atoms with E-state index in [1.54, 1.807) is 12.4 Å². The first-order valence-corrected chi connectivity index (χ1v) is 6.00. The van der Waals surface area contributed by atoms with Crippen LogP contribution in [0.15, 0.2) is 18.5 Å². The molecule has 0 unspecified atom stereocenters. The molecule has 0 aliphatic carbocycles. The summed E-state index contributed by atoms with van der Waals surface area (Å²) in [4.78, 5) is 6.22. The second-order valence-corrected chi connectivity index (χ2v) is 4.44. The molecule has 0 radical (unpaired) electrons. The number of alkyl halides is 1. The first-order chi connectivity index (χ1) is 7.16. The molecule has 0 N–H and O–H groups in total. The molecule has 0 aromatic carbocycles. The largest absolute Gasteiger partial charge is 0.368 e. The molecule has 84 valence electrons. The van der Waals surface area contributed by atoms with Crippen LogP contribution in [-0.4, -0.2) is 23.5 Å². The number of hydrogen-bond acceptors (Lipinski definition) is 2. The number of hydrogen-bond donors (Lipinski definition) is 0. The molecule has 1 aromatic rings. The lowest BCUT2D eigenvalue weighted by molar-refractivity contribution is 0.672. The fourth-order valence-corrected chi connectivity index (χ4v) is 1.84. The predicted molar refractivity (Wildman–Crippen MR) is 67.1 cm³/mol. The topological polar surface area (TPSA) is 16.1 Å². The van der Waals surface area contributed by atoms with Gasteiger partial charge >= 0.3 is 0 Å². The molecule has 0 aliphatic heterocycles. The highest BCUT2D eigenvalue weighted by atomic mass is 35.5. The Morgan fingerprint density at radius 3 is 2.73 bits per heavy atom. The third-order valence-corrected chi connectivity index (χ3v) is 2.77. The summed E-state index contributed by atoms with van der Waals surface area (Å²) in [5, 5.41) is 0.695. The summed E-state index contributed by atoms with van der Waals surface area (Å²) in [6, 6.07) is 2.35. The maximum atomic E-state index is 6.10. The summed E-state index contributed by atoms with van der Waals surface area (Å²) in [5.74, 6) is 0.673. The first-order valence-electron chi connectivity index (χ1n) is 5.09. The van der Waals surface area contributed by atoms with Crippen molar-refractivity contribution in [2.75, 3.05) is 17.3 Å². The molecule has 0 aliphatic rings. The fourth-order valence-electron chi connectivity index (χ4n) is 1.49. The van der Waals surface area contributed by atoms with Crippen molar-refractivity contribution in [2.45, 2.75) is 26.3 Å². The van der Waals surface area contributed by atoms with E-state index < -0.39 is 0 Å². The van der Waals surface area contributed by atoms with E-state index in [4.69, 9.17) is 23.2 Å². The molecular weight excluding hydrogens is 231 g/mol. The molecule has 1 aromatic heterocycles. The highest BCUT2D eigenvalue weighted by Gasteiger charge is 2.12. The minimum Gasteiger partial charge on any atom is -0.368 e. The number of halogens is 2. The maximum absolute atomic E-state index is 6.10. The van der Waals surface area contributed by atoms with E-state index in [1.807, 2.05) is 6.07 Å². The van der Waals surface area contributed by atoms with E-state index in [0.717, 1.165) is 18.7 Å². The van der Waals surface area contributed by atoms with Crippen molar-refractivity contribution in [3.05, 3.63) is 23.5 Å². The molecule has 1 rings (SSSR count). The Labute approximate surface area is 101 Å². The van der Waals surface area contributed by atoms with Gasteiger partial charge in [0.25, 0.3) is 0 Å². The second kappa shape index (κ2) is 6.19. The van der Waals surface area contributed by atoms with Crippen molar-refractivity contribution in [3.63, 3.8) is 0 Å². The van der Waals surface area contributed by atoms with Gasteiger partial charge in [0.2, 0.25) is 0 Å². The van der Waals surface area contributed by atoms with Crippen molar-refractivity contribution in [1.29, 1.82) is 0 Å². The van der Waals surface area contributed by atoms with Gasteiger partial charge in [-0.25, -0.2) is 0 Å². The van der Waals surface area contributed by atoms with Gasteiger partial charge in [-0.1, -0.05) is 11.6 Å². The smallest absolute Gasteiger partial charge is 0.0822 e. The van der Waals surface area contributed by atoms with Gasteiger partial charge < -0.3 is 4.90 Å². The first kappa shape index (κ1) is 12.6. The molecule has 0 saturated heterocycles. The zero-order valence-corrected chi connectivity index (χ0v) is 10.6. The van der Waals surface area contributed by atoms with Crippen LogP contribution in [0.4, 0.5) is 5.69 Å². The Morgan fingerprint density at radius 1 is 1.47 bits per heavy atom. The third kappa shape index (κ3) is 3.54. The number of nitrogens with zero attached hydrogens (tertiary/aromatic N) is 2. The molecule has 2 nitrogen and oxygen atoms in total. The molecule has 0 saturated carbocycles. The van der Waals surface area contributed by atoms with Crippen molar-refractivity contribution in [3.8, 4) is 0 Å². The number of rotatable bonds is 5. The minimum atomic E-state index is 0.410. The van der Waals surface area contributed by atoms with Gasteiger partial charge in [0.15, 0.2) is 0 Å². The lowest BCUT2D eigenvalue weighted by Crippen LogP contribution is -2.32. The Balaban J connectivity index is 2.84. The van der Waals surface area contributed by atoms with Crippen LogP contribution >= 0.6 is 23.2 Å². The van der Waals surface area contributed by atoms with Gasteiger partial charge in [0.1, 0.15) is 0 Å². The minimum absolute atomic E-state index is 0.410. The summed E-state index contributed by atoms with van der Waals surface area (Å²) in [7, 11) is 0. The van der Waals surface area contributed by atoms with Crippen LogP contribution in [0, 0.1) is 0 Å². The SMILES string of the molecule is CC(C)N(CCCCl)c1ccncc1Cl. The molecule has 0 atom stereocenters. The molecule has 15 heavy (non-hydrogen) atoms. The van der Waals surface area contributed by atoms with Gasteiger partial charge in [-0.05, 0) is 26.3 Å². The van der Waals surface area contributed by atoms with Gasteiger partial charge in [-0.3, -0.25) is 4.98 Å². The van der Waals surface area contributed by atoms with Crippen LogP contribution in [0.2, 0.25) is 5.02 Å². The monoisotopic (exact) mass is 246 g/mol. The van der Waals surface area contributed by atoms with E-state index in [1.165, 1.54) is 0 Å². The van der Waals surface area contributed by atoms with Crippen molar-refractivity contribution < 1.29 is 0 Å². The van der Waals surface area contributed by atoms with Gasteiger partial charge in [-0.2, -0.15) is 0 Å². The van der Waals surface area contributed by atoms with Gasteiger partial charge in [0, 0.05) is 30.9 Å². The second-order valence-electron chi connectivity index (χ2n) is 3.66. The molecule has 0 amide bonds. The molecule has 0 bridgehead atoms.